The molecule has 20 heavy (non-hydrogen) atoms. The maximum atomic E-state index is 11.7. The van der Waals surface area contributed by atoms with Crippen molar-refractivity contribution in [3.63, 3.8) is 0 Å². The van der Waals surface area contributed by atoms with E-state index in [0.29, 0.717) is 0 Å². The second kappa shape index (κ2) is 5.83. The van der Waals surface area contributed by atoms with Gasteiger partial charge in [-0.05, 0) is 11.1 Å². The van der Waals surface area contributed by atoms with Gasteiger partial charge in [0.1, 0.15) is 6.29 Å². The Morgan fingerprint density at radius 3 is 2.65 bits per heavy atom. The number of fused-ring (bicyclic) bond motifs is 1. The zero-order chi connectivity index (χ0) is 14.7. The van der Waals surface area contributed by atoms with Crippen molar-refractivity contribution in [3.8, 4) is 0 Å². The van der Waals surface area contributed by atoms with Gasteiger partial charge in [-0.15, -0.1) is 0 Å². The summed E-state index contributed by atoms with van der Waals surface area (Å²) < 4.78 is 0. The lowest BCUT2D eigenvalue weighted by molar-refractivity contribution is -0.118. The molecule has 0 aromatic heterocycles. The summed E-state index contributed by atoms with van der Waals surface area (Å²) >= 11 is 0. The van der Waals surface area contributed by atoms with Crippen LogP contribution in [-0.4, -0.2) is 18.2 Å². The highest BCUT2D eigenvalue weighted by molar-refractivity contribution is 5.91. The molecule has 1 heterocycles. The number of aldehydes is 1. The Morgan fingerprint density at radius 2 is 2.05 bits per heavy atom. The average Bonchev–Trinajstić information content (AvgIpc) is 2.76. The maximum absolute atomic E-state index is 11.7. The largest absolute Gasteiger partial charge is 0.370 e. The second-order valence-electron chi connectivity index (χ2n) is 4.96. The fourth-order valence-electron chi connectivity index (χ4n) is 2.55. The van der Waals surface area contributed by atoms with Crippen LogP contribution in [0.25, 0.3) is 0 Å². The van der Waals surface area contributed by atoms with Crippen molar-refractivity contribution in [2.45, 2.75) is 25.4 Å². The molecular weight excluding hydrogens is 256 g/mol. The minimum absolute atomic E-state index is 0.0827. The van der Waals surface area contributed by atoms with Crippen molar-refractivity contribution in [3.05, 3.63) is 35.4 Å². The van der Waals surface area contributed by atoms with Gasteiger partial charge >= 0.3 is 0 Å². The number of carbonyl (C=O) groups is 2. The molecular formula is C14H18N4O2. The van der Waals surface area contributed by atoms with Crippen molar-refractivity contribution < 1.29 is 9.59 Å². The highest BCUT2D eigenvalue weighted by atomic mass is 16.1. The lowest BCUT2D eigenvalue weighted by atomic mass is 9.95. The molecule has 1 aliphatic heterocycles. The SMILES string of the molecule is CC(C=O)C1NC(CC(=O)N=C(N)N)c2ccccc21. The van der Waals surface area contributed by atoms with Gasteiger partial charge in [-0.2, -0.15) is 4.99 Å². The van der Waals surface area contributed by atoms with Crippen LogP contribution in [0.2, 0.25) is 0 Å². The van der Waals surface area contributed by atoms with Crippen LogP contribution in [-0.2, 0) is 9.59 Å². The number of nitrogens with two attached hydrogens (primary N) is 2. The second-order valence-corrected chi connectivity index (χ2v) is 4.96. The molecule has 1 aromatic carbocycles. The van der Waals surface area contributed by atoms with Gasteiger partial charge in [0.05, 0.1) is 0 Å². The predicted octanol–water partition coefficient (Wildman–Crippen LogP) is 0.397. The first kappa shape index (κ1) is 14.2. The number of hydrogen-bond acceptors (Lipinski definition) is 3. The third-order valence-corrected chi connectivity index (χ3v) is 3.46. The molecule has 3 unspecified atom stereocenters. The summed E-state index contributed by atoms with van der Waals surface area (Å²) in [6.07, 6.45) is 1.08. The van der Waals surface area contributed by atoms with Crippen molar-refractivity contribution in [2.75, 3.05) is 0 Å². The molecule has 5 N–H and O–H groups in total. The molecule has 6 nitrogen and oxygen atoms in total. The number of aliphatic imine (C=N–C) groups is 1. The molecule has 0 fully saturated rings. The van der Waals surface area contributed by atoms with E-state index in [0.717, 1.165) is 17.4 Å². The van der Waals surface area contributed by atoms with Crippen molar-refractivity contribution in [1.29, 1.82) is 0 Å². The Hall–Kier alpha value is -2.21. The van der Waals surface area contributed by atoms with E-state index < -0.39 is 0 Å². The molecule has 0 spiro atoms. The van der Waals surface area contributed by atoms with E-state index in [9.17, 15) is 9.59 Å². The number of rotatable bonds is 4. The monoisotopic (exact) mass is 274 g/mol. The molecule has 0 radical (unpaired) electrons. The molecule has 1 aliphatic rings. The molecule has 6 heteroatoms. The summed E-state index contributed by atoms with van der Waals surface area (Å²) in [5.41, 5.74) is 12.5. The van der Waals surface area contributed by atoms with Crippen LogP contribution >= 0.6 is 0 Å². The fourth-order valence-corrected chi connectivity index (χ4v) is 2.55. The number of carbonyl (C=O) groups excluding carboxylic acids is 2. The van der Waals surface area contributed by atoms with E-state index in [4.69, 9.17) is 11.5 Å². The highest BCUT2D eigenvalue weighted by Crippen LogP contribution is 2.38. The number of hydrogen-bond donors (Lipinski definition) is 3. The number of amides is 1. The zero-order valence-corrected chi connectivity index (χ0v) is 11.2. The summed E-state index contributed by atoms with van der Waals surface area (Å²) in [6, 6.07) is 7.50. The van der Waals surface area contributed by atoms with Crippen molar-refractivity contribution in [2.24, 2.45) is 22.4 Å². The molecule has 0 bridgehead atoms. The van der Waals surface area contributed by atoms with E-state index in [1.807, 2.05) is 31.2 Å². The standard InChI is InChI=1S/C14H18N4O2/c1-8(7-19)13-10-5-3-2-4-9(10)11(17-13)6-12(20)18-14(15)16/h2-5,7-8,11,13,17H,6H2,1H3,(H4,15,16,18,20). The Kier molecular flexibility index (Phi) is 4.14. The first-order chi connectivity index (χ1) is 9.52. The summed E-state index contributed by atoms with van der Waals surface area (Å²) in [6.45, 7) is 1.85. The quantitative estimate of drug-likeness (QED) is 0.418. The highest BCUT2D eigenvalue weighted by Gasteiger charge is 2.33. The van der Waals surface area contributed by atoms with Gasteiger partial charge in [-0.25, -0.2) is 0 Å². The Labute approximate surface area is 117 Å². The Balaban J connectivity index is 2.23. The van der Waals surface area contributed by atoms with E-state index in [1.165, 1.54) is 0 Å². The van der Waals surface area contributed by atoms with Crippen LogP contribution in [0.4, 0.5) is 0 Å². The van der Waals surface area contributed by atoms with Crippen molar-refractivity contribution >= 4 is 18.2 Å². The maximum Gasteiger partial charge on any atom is 0.250 e. The molecule has 0 aliphatic carbocycles. The lowest BCUT2D eigenvalue weighted by Crippen LogP contribution is -2.27. The molecule has 2 rings (SSSR count). The summed E-state index contributed by atoms with van der Waals surface area (Å²) in [7, 11) is 0. The zero-order valence-electron chi connectivity index (χ0n) is 11.2. The molecule has 3 atom stereocenters. The topological polar surface area (TPSA) is 111 Å². The smallest absolute Gasteiger partial charge is 0.250 e. The molecule has 1 amide bonds. The first-order valence-electron chi connectivity index (χ1n) is 6.45. The first-order valence-corrected chi connectivity index (χ1v) is 6.45. The van der Waals surface area contributed by atoms with Crippen LogP contribution in [0.1, 0.15) is 36.6 Å². The van der Waals surface area contributed by atoms with Gasteiger partial charge in [0, 0.05) is 24.4 Å². The van der Waals surface area contributed by atoms with Gasteiger partial charge in [0.15, 0.2) is 5.96 Å². The lowest BCUT2D eigenvalue weighted by Gasteiger charge is -2.16. The Bertz CT molecular complexity index is 552. The van der Waals surface area contributed by atoms with Gasteiger partial charge in [0.25, 0.3) is 5.91 Å². The normalized spacial score (nSPS) is 21.9. The van der Waals surface area contributed by atoms with Crippen molar-refractivity contribution in [1.82, 2.24) is 5.32 Å². The predicted molar refractivity (Wildman–Crippen MR) is 75.7 cm³/mol. The fraction of sp³-hybridized carbons (Fsp3) is 0.357. The summed E-state index contributed by atoms with van der Waals surface area (Å²) in [4.78, 5) is 26.3. The Morgan fingerprint density at radius 1 is 1.40 bits per heavy atom. The molecule has 106 valence electrons. The van der Waals surface area contributed by atoms with Gasteiger partial charge in [-0.1, -0.05) is 31.2 Å². The van der Waals surface area contributed by atoms with Crippen LogP contribution in [0.3, 0.4) is 0 Å². The van der Waals surface area contributed by atoms with E-state index in [2.05, 4.69) is 10.3 Å². The third-order valence-electron chi connectivity index (χ3n) is 3.46. The van der Waals surface area contributed by atoms with Crippen LogP contribution < -0.4 is 16.8 Å². The molecule has 1 aromatic rings. The van der Waals surface area contributed by atoms with E-state index >= 15 is 0 Å². The molecule has 0 saturated carbocycles. The third kappa shape index (κ3) is 2.85. The van der Waals surface area contributed by atoms with E-state index in [1.54, 1.807) is 0 Å². The average molecular weight is 274 g/mol. The molecule has 0 saturated heterocycles. The number of guanidine groups is 1. The van der Waals surface area contributed by atoms with Gasteiger partial charge in [-0.3, -0.25) is 4.79 Å². The van der Waals surface area contributed by atoms with Crippen LogP contribution in [0, 0.1) is 5.92 Å². The minimum Gasteiger partial charge on any atom is -0.370 e. The number of nitrogens with zero attached hydrogens (tertiary/aromatic N) is 1. The summed E-state index contributed by atoms with van der Waals surface area (Å²) in [5.74, 6) is -0.782. The van der Waals surface area contributed by atoms with E-state index in [-0.39, 0.29) is 36.3 Å². The van der Waals surface area contributed by atoms with Crippen LogP contribution in [0.15, 0.2) is 29.3 Å². The van der Waals surface area contributed by atoms with Crippen LogP contribution in [0.5, 0.6) is 0 Å². The van der Waals surface area contributed by atoms with Gasteiger partial charge in [0.2, 0.25) is 0 Å². The number of benzene rings is 1. The number of nitrogens with one attached hydrogen (secondary N) is 1. The minimum atomic E-state index is -0.378. The summed E-state index contributed by atoms with van der Waals surface area (Å²) in [5, 5.41) is 3.31. The van der Waals surface area contributed by atoms with Gasteiger partial charge < -0.3 is 21.6 Å².